The number of thioether (sulfide) groups is 1. The number of benzene rings is 1. The summed E-state index contributed by atoms with van der Waals surface area (Å²) in [5.74, 6) is 0.530. The lowest BCUT2D eigenvalue weighted by Crippen LogP contribution is -1.93. The topological polar surface area (TPSA) is 0 Å². The monoisotopic (exact) mass is 290 g/mol. The SMILES string of the molecule is C=C(/C=C\C=C/C)Sc1cc(C)c(C(C)C)cc1S. The lowest BCUT2D eigenvalue weighted by molar-refractivity contribution is 0.847. The maximum absolute atomic E-state index is 4.59. The average molecular weight is 290 g/mol. The largest absolute Gasteiger partial charge is 0.142 e. The van der Waals surface area contributed by atoms with Gasteiger partial charge in [-0.25, -0.2) is 0 Å². The van der Waals surface area contributed by atoms with Crippen molar-refractivity contribution < 1.29 is 0 Å². The van der Waals surface area contributed by atoms with Gasteiger partial charge in [0.1, 0.15) is 0 Å². The van der Waals surface area contributed by atoms with Crippen molar-refractivity contribution in [1.29, 1.82) is 0 Å². The number of allylic oxidation sites excluding steroid dienone is 4. The van der Waals surface area contributed by atoms with Crippen molar-refractivity contribution in [3.05, 3.63) is 59.0 Å². The maximum Gasteiger partial charge on any atom is 0.0258 e. The predicted molar refractivity (Wildman–Crippen MR) is 91.5 cm³/mol. The summed E-state index contributed by atoms with van der Waals surface area (Å²) < 4.78 is 0. The third-order valence-electron chi connectivity index (χ3n) is 2.80. The molecule has 19 heavy (non-hydrogen) atoms. The molecular weight excluding hydrogens is 268 g/mol. The van der Waals surface area contributed by atoms with Crippen LogP contribution in [0, 0.1) is 6.92 Å². The van der Waals surface area contributed by atoms with E-state index in [0.717, 1.165) is 9.80 Å². The molecular formula is C17H22S2. The highest BCUT2D eigenvalue weighted by Crippen LogP contribution is 2.35. The third-order valence-corrected chi connectivity index (χ3v) is 4.27. The highest BCUT2D eigenvalue weighted by molar-refractivity contribution is 8.03. The Hall–Kier alpha value is -0.860. The van der Waals surface area contributed by atoms with Crippen molar-refractivity contribution in [3.63, 3.8) is 0 Å². The van der Waals surface area contributed by atoms with Crippen LogP contribution in [0.25, 0.3) is 0 Å². The molecule has 0 nitrogen and oxygen atoms in total. The van der Waals surface area contributed by atoms with Gasteiger partial charge in [-0.05, 0) is 49.1 Å². The molecule has 0 saturated carbocycles. The minimum atomic E-state index is 0.530. The zero-order chi connectivity index (χ0) is 14.4. The first-order valence-electron chi connectivity index (χ1n) is 6.45. The Balaban J connectivity index is 2.91. The summed E-state index contributed by atoms with van der Waals surface area (Å²) in [6, 6.07) is 4.38. The summed E-state index contributed by atoms with van der Waals surface area (Å²) in [6.07, 6.45) is 8.02. The fourth-order valence-corrected chi connectivity index (χ4v) is 3.01. The molecule has 1 rings (SSSR count). The van der Waals surface area contributed by atoms with E-state index in [2.05, 4.69) is 52.1 Å². The van der Waals surface area contributed by atoms with Crippen molar-refractivity contribution >= 4 is 24.4 Å². The quantitative estimate of drug-likeness (QED) is 0.386. The van der Waals surface area contributed by atoms with E-state index in [9.17, 15) is 0 Å². The maximum atomic E-state index is 4.59. The van der Waals surface area contributed by atoms with Gasteiger partial charge in [0.15, 0.2) is 0 Å². The van der Waals surface area contributed by atoms with Gasteiger partial charge in [-0.3, -0.25) is 0 Å². The molecule has 0 atom stereocenters. The predicted octanol–water partition coefficient (Wildman–Crippen LogP) is 6.15. The van der Waals surface area contributed by atoms with E-state index in [1.54, 1.807) is 11.8 Å². The van der Waals surface area contributed by atoms with Gasteiger partial charge < -0.3 is 0 Å². The molecule has 1 aromatic rings. The van der Waals surface area contributed by atoms with E-state index in [0.29, 0.717) is 5.92 Å². The lowest BCUT2D eigenvalue weighted by atomic mass is 9.98. The molecule has 0 N–H and O–H groups in total. The Kier molecular flexibility index (Phi) is 6.53. The van der Waals surface area contributed by atoms with Gasteiger partial charge in [0, 0.05) is 14.7 Å². The Labute approximate surface area is 127 Å². The third kappa shape index (κ3) is 4.96. The van der Waals surface area contributed by atoms with Crippen molar-refractivity contribution in [2.75, 3.05) is 0 Å². The minimum Gasteiger partial charge on any atom is -0.142 e. The molecule has 0 bridgehead atoms. The normalized spacial score (nSPS) is 11.9. The second-order valence-electron chi connectivity index (χ2n) is 4.78. The van der Waals surface area contributed by atoms with Crippen molar-refractivity contribution in [3.8, 4) is 0 Å². The summed E-state index contributed by atoms with van der Waals surface area (Å²) in [4.78, 5) is 3.21. The molecule has 0 saturated heterocycles. The van der Waals surface area contributed by atoms with Gasteiger partial charge in [0.2, 0.25) is 0 Å². The van der Waals surface area contributed by atoms with Crippen LogP contribution >= 0.6 is 24.4 Å². The van der Waals surface area contributed by atoms with Crippen LogP contribution in [-0.2, 0) is 0 Å². The molecule has 0 unspecified atom stereocenters. The van der Waals surface area contributed by atoms with Crippen LogP contribution in [0.1, 0.15) is 37.8 Å². The van der Waals surface area contributed by atoms with E-state index in [-0.39, 0.29) is 0 Å². The molecule has 0 aliphatic carbocycles. The first-order valence-corrected chi connectivity index (χ1v) is 7.71. The van der Waals surface area contributed by atoms with Gasteiger partial charge in [0.05, 0.1) is 0 Å². The molecule has 0 heterocycles. The van der Waals surface area contributed by atoms with Crippen LogP contribution in [0.2, 0.25) is 0 Å². The van der Waals surface area contributed by atoms with E-state index >= 15 is 0 Å². The number of rotatable bonds is 5. The second kappa shape index (κ2) is 7.66. The number of hydrogen-bond donors (Lipinski definition) is 1. The Morgan fingerprint density at radius 2 is 2.00 bits per heavy atom. The molecule has 0 spiro atoms. The van der Waals surface area contributed by atoms with Crippen molar-refractivity contribution in [2.24, 2.45) is 0 Å². The van der Waals surface area contributed by atoms with Gasteiger partial charge in [-0.1, -0.05) is 50.4 Å². The molecule has 0 amide bonds. The Bertz CT molecular complexity index is 508. The molecule has 0 aliphatic rings. The van der Waals surface area contributed by atoms with E-state index < -0.39 is 0 Å². The van der Waals surface area contributed by atoms with Gasteiger partial charge in [-0.15, -0.1) is 12.6 Å². The van der Waals surface area contributed by atoms with Gasteiger partial charge >= 0.3 is 0 Å². The highest BCUT2D eigenvalue weighted by Gasteiger charge is 2.09. The molecule has 102 valence electrons. The average Bonchev–Trinajstić information content (AvgIpc) is 2.33. The fourth-order valence-electron chi connectivity index (χ4n) is 1.84. The summed E-state index contributed by atoms with van der Waals surface area (Å²) in [5.41, 5.74) is 2.69. The van der Waals surface area contributed by atoms with Crippen LogP contribution in [-0.4, -0.2) is 0 Å². The van der Waals surface area contributed by atoms with Gasteiger partial charge in [0.25, 0.3) is 0 Å². The van der Waals surface area contributed by atoms with Crippen LogP contribution in [0.5, 0.6) is 0 Å². The van der Waals surface area contributed by atoms with Crippen LogP contribution in [0.3, 0.4) is 0 Å². The summed E-state index contributed by atoms with van der Waals surface area (Å²) in [5, 5.41) is 0. The minimum absolute atomic E-state index is 0.530. The summed E-state index contributed by atoms with van der Waals surface area (Å²) >= 11 is 6.26. The van der Waals surface area contributed by atoms with Crippen molar-refractivity contribution in [2.45, 2.75) is 43.4 Å². The fraction of sp³-hybridized carbons (Fsp3) is 0.294. The van der Waals surface area contributed by atoms with E-state index in [4.69, 9.17) is 0 Å². The first kappa shape index (κ1) is 16.2. The molecule has 0 aliphatic heterocycles. The van der Waals surface area contributed by atoms with Crippen LogP contribution < -0.4 is 0 Å². The molecule has 0 radical (unpaired) electrons. The standard InChI is InChI=1S/C17H22S2/c1-6-7-8-9-14(5)19-17-10-13(4)15(12(2)3)11-16(17)18/h6-12,18H,5H2,1-4H3/b7-6-,9-8-. The smallest absolute Gasteiger partial charge is 0.0258 e. The zero-order valence-corrected chi connectivity index (χ0v) is 13.8. The number of thiol groups is 1. The molecule has 1 aromatic carbocycles. The van der Waals surface area contributed by atoms with E-state index in [1.807, 2.05) is 31.2 Å². The Morgan fingerprint density at radius 3 is 2.58 bits per heavy atom. The lowest BCUT2D eigenvalue weighted by Gasteiger charge is -2.14. The Morgan fingerprint density at radius 1 is 1.32 bits per heavy atom. The summed E-state index contributed by atoms with van der Waals surface area (Å²) in [6.45, 7) is 12.6. The van der Waals surface area contributed by atoms with Gasteiger partial charge in [-0.2, -0.15) is 0 Å². The van der Waals surface area contributed by atoms with Crippen LogP contribution in [0.4, 0.5) is 0 Å². The van der Waals surface area contributed by atoms with E-state index in [1.165, 1.54) is 16.0 Å². The van der Waals surface area contributed by atoms with Crippen LogP contribution in [0.15, 0.2) is 57.7 Å². The highest BCUT2D eigenvalue weighted by atomic mass is 32.2. The molecule has 0 fully saturated rings. The number of hydrogen-bond acceptors (Lipinski definition) is 2. The van der Waals surface area contributed by atoms with Crippen molar-refractivity contribution in [1.82, 2.24) is 0 Å². The molecule has 0 aromatic heterocycles. The number of aryl methyl sites for hydroxylation is 1. The summed E-state index contributed by atoms with van der Waals surface area (Å²) in [7, 11) is 0. The second-order valence-corrected chi connectivity index (χ2v) is 6.43. The molecule has 2 heteroatoms. The zero-order valence-electron chi connectivity index (χ0n) is 12.1. The first-order chi connectivity index (χ1) is 8.95.